The smallest absolute Gasteiger partial charge is 0.260 e. The van der Waals surface area contributed by atoms with E-state index >= 15 is 0 Å². The van der Waals surface area contributed by atoms with Gasteiger partial charge in [0.2, 0.25) is 6.41 Å². The highest BCUT2D eigenvalue weighted by Gasteiger charge is 2.20. The minimum Gasteiger partial charge on any atom is -0.497 e. The maximum absolute atomic E-state index is 12.0. The summed E-state index contributed by atoms with van der Waals surface area (Å²) in [5.74, 6) is 1.31. The van der Waals surface area contributed by atoms with E-state index in [0.29, 0.717) is 31.9 Å². The number of ether oxygens (including phenoxy) is 2. The van der Waals surface area contributed by atoms with Crippen LogP contribution in [0, 0.1) is 0 Å². The van der Waals surface area contributed by atoms with Gasteiger partial charge in [0, 0.05) is 26.2 Å². The lowest BCUT2D eigenvalue weighted by atomic mass is 10.3. The summed E-state index contributed by atoms with van der Waals surface area (Å²) in [7, 11) is 1.60. The quantitative estimate of drug-likeness (QED) is 0.730. The normalized spacial score (nSPS) is 14.8. The minimum absolute atomic E-state index is 0.00736. The molecule has 0 atom stereocenters. The molecule has 6 heteroatoms. The Morgan fingerprint density at radius 3 is 2.30 bits per heavy atom. The lowest BCUT2D eigenvalue weighted by Crippen LogP contribution is -2.49. The van der Waals surface area contributed by atoms with Crippen LogP contribution in [0.4, 0.5) is 0 Å². The second-order valence-corrected chi connectivity index (χ2v) is 4.49. The summed E-state index contributed by atoms with van der Waals surface area (Å²) in [4.78, 5) is 25.9. The van der Waals surface area contributed by atoms with Gasteiger partial charge in [0.05, 0.1) is 7.11 Å². The fourth-order valence-corrected chi connectivity index (χ4v) is 1.99. The number of rotatable bonds is 5. The average molecular weight is 278 g/mol. The van der Waals surface area contributed by atoms with Crippen LogP contribution in [0.2, 0.25) is 0 Å². The van der Waals surface area contributed by atoms with Crippen LogP contribution in [0.15, 0.2) is 24.3 Å². The van der Waals surface area contributed by atoms with E-state index in [-0.39, 0.29) is 12.5 Å². The Kier molecular flexibility index (Phi) is 4.81. The minimum atomic E-state index is -0.0635. The highest BCUT2D eigenvalue weighted by molar-refractivity contribution is 5.78. The van der Waals surface area contributed by atoms with Crippen molar-refractivity contribution in [3.8, 4) is 11.5 Å². The zero-order valence-corrected chi connectivity index (χ0v) is 11.4. The summed E-state index contributed by atoms with van der Waals surface area (Å²) >= 11 is 0. The van der Waals surface area contributed by atoms with Crippen molar-refractivity contribution in [2.75, 3.05) is 39.9 Å². The Bertz CT molecular complexity index is 453. The monoisotopic (exact) mass is 278 g/mol. The molecule has 1 aliphatic rings. The number of piperazine rings is 1. The highest BCUT2D eigenvalue weighted by Crippen LogP contribution is 2.17. The number of carbonyl (C=O) groups is 2. The van der Waals surface area contributed by atoms with Crippen LogP contribution in [0.5, 0.6) is 11.5 Å². The van der Waals surface area contributed by atoms with Gasteiger partial charge in [0.15, 0.2) is 6.61 Å². The molecule has 1 heterocycles. The van der Waals surface area contributed by atoms with Crippen LogP contribution >= 0.6 is 0 Å². The van der Waals surface area contributed by atoms with E-state index in [2.05, 4.69) is 0 Å². The average Bonchev–Trinajstić information content (AvgIpc) is 2.53. The number of hydrogen-bond donors (Lipinski definition) is 0. The van der Waals surface area contributed by atoms with E-state index in [1.807, 2.05) is 0 Å². The van der Waals surface area contributed by atoms with Gasteiger partial charge in [-0.1, -0.05) is 0 Å². The lowest BCUT2D eigenvalue weighted by molar-refractivity contribution is -0.137. The van der Waals surface area contributed by atoms with Gasteiger partial charge >= 0.3 is 0 Å². The third kappa shape index (κ3) is 3.63. The van der Waals surface area contributed by atoms with Crippen LogP contribution < -0.4 is 9.47 Å². The molecule has 6 nitrogen and oxygen atoms in total. The molecular weight excluding hydrogens is 260 g/mol. The Balaban J connectivity index is 1.78. The maximum Gasteiger partial charge on any atom is 0.260 e. The summed E-state index contributed by atoms with van der Waals surface area (Å²) in [5, 5.41) is 0. The van der Waals surface area contributed by atoms with E-state index in [4.69, 9.17) is 9.47 Å². The molecule has 2 rings (SSSR count). The molecular formula is C14H18N2O4. The fraction of sp³-hybridized carbons (Fsp3) is 0.429. The van der Waals surface area contributed by atoms with Gasteiger partial charge in [-0.25, -0.2) is 0 Å². The van der Waals surface area contributed by atoms with Crippen molar-refractivity contribution in [3.63, 3.8) is 0 Å². The van der Waals surface area contributed by atoms with Crippen molar-refractivity contribution in [3.05, 3.63) is 24.3 Å². The zero-order chi connectivity index (χ0) is 14.4. The van der Waals surface area contributed by atoms with Gasteiger partial charge < -0.3 is 19.3 Å². The van der Waals surface area contributed by atoms with Gasteiger partial charge in [-0.2, -0.15) is 0 Å². The molecule has 0 spiro atoms. The molecule has 20 heavy (non-hydrogen) atoms. The van der Waals surface area contributed by atoms with E-state index in [9.17, 15) is 9.59 Å². The van der Waals surface area contributed by atoms with Crippen LogP contribution in [-0.2, 0) is 9.59 Å². The summed E-state index contributed by atoms with van der Waals surface area (Å²) in [6.45, 7) is 2.29. The van der Waals surface area contributed by atoms with Crippen LogP contribution in [0.25, 0.3) is 0 Å². The third-order valence-electron chi connectivity index (χ3n) is 3.24. The molecule has 0 bridgehead atoms. The topological polar surface area (TPSA) is 59.1 Å². The first-order valence-electron chi connectivity index (χ1n) is 6.47. The molecule has 2 amide bonds. The Labute approximate surface area is 117 Å². The summed E-state index contributed by atoms with van der Waals surface area (Å²) < 4.78 is 10.5. The zero-order valence-electron chi connectivity index (χ0n) is 11.4. The number of amides is 2. The van der Waals surface area contributed by atoms with Crippen LogP contribution in [0.1, 0.15) is 0 Å². The molecule has 108 valence electrons. The van der Waals surface area contributed by atoms with Crippen molar-refractivity contribution >= 4 is 12.3 Å². The molecule has 0 unspecified atom stereocenters. The number of benzene rings is 1. The molecule has 0 N–H and O–H groups in total. The molecule has 1 saturated heterocycles. The van der Waals surface area contributed by atoms with E-state index in [1.54, 1.807) is 41.2 Å². The van der Waals surface area contributed by atoms with Crippen LogP contribution in [-0.4, -0.2) is 62.0 Å². The van der Waals surface area contributed by atoms with Crippen LogP contribution in [0.3, 0.4) is 0 Å². The van der Waals surface area contributed by atoms with E-state index < -0.39 is 0 Å². The molecule has 0 radical (unpaired) electrons. The molecule has 0 aromatic heterocycles. The fourth-order valence-electron chi connectivity index (χ4n) is 1.99. The second-order valence-electron chi connectivity index (χ2n) is 4.49. The summed E-state index contributed by atoms with van der Waals surface area (Å²) in [6, 6.07) is 7.08. The highest BCUT2D eigenvalue weighted by atomic mass is 16.5. The van der Waals surface area contributed by atoms with Gasteiger partial charge in [0.1, 0.15) is 11.5 Å². The van der Waals surface area contributed by atoms with Crippen molar-refractivity contribution in [1.82, 2.24) is 9.80 Å². The van der Waals surface area contributed by atoms with Crippen molar-refractivity contribution in [2.24, 2.45) is 0 Å². The number of methoxy groups -OCH3 is 1. The Morgan fingerprint density at radius 1 is 1.15 bits per heavy atom. The number of carbonyl (C=O) groups excluding carboxylic acids is 2. The first-order valence-corrected chi connectivity index (χ1v) is 6.47. The molecule has 1 aromatic rings. The standard InChI is InChI=1S/C14H18N2O4/c1-19-12-2-4-13(5-3-12)20-10-14(18)16-8-6-15(11-17)7-9-16/h2-5,11H,6-10H2,1H3. The maximum atomic E-state index is 12.0. The van der Waals surface area contributed by atoms with Gasteiger partial charge in [-0.05, 0) is 24.3 Å². The lowest BCUT2D eigenvalue weighted by Gasteiger charge is -2.32. The largest absolute Gasteiger partial charge is 0.497 e. The number of hydrogen-bond acceptors (Lipinski definition) is 4. The SMILES string of the molecule is COc1ccc(OCC(=O)N2CCN(C=O)CC2)cc1. The first kappa shape index (κ1) is 14.2. The predicted octanol–water partition coefficient (Wildman–Crippen LogP) is 0.375. The molecule has 1 fully saturated rings. The Morgan fingerprint density at radius 2 is 1.75 bits per heavy atom. The van der Waals surface area contributed by atoms with Crippen molar-refractivity contribution in [2.45, 2.75) is 0 Å². The molecule has 1 aliphatic heterocycles. The molecule has 0 aliphatic carbocycles. The van der Waals surface area contributed by atoms with Gasteiger partial charge in [-0.15, -0.1) is 0 Å². The van der Waals surface area contributed by atoms with Crippen molar-refractivity contribution < 1.29 is 19.1 Å². The van der Waals surface area contributed by atoms with E-state index in [0.717, 1.165) is 12.2 Å². The second kappa shape index (κ2) is 6.79. The predicted molar refractivity (Wildman–Crippen MR) is 72.7 cm³/mol. The van der Waals surface area contributed by atoms with Gasteiger partial charge in [-0.3, -0.25) is 9.59 Å². The summed E-state index contributed by atoms with van der Waals surface area (Å²) in [5.41, 5.74) is 0. The Hall–Kier alpha value is -2.24. The summed E-state index contributed by atoms with van der Waals surface area (Å²) in [6.07, 6.45) is 0.815. The van der Waals surface area contributed by atoms with E-state index in [1.165, 1.54) is 0 Å². The molecule has 1 aromatic carbocycles. The van der Waals surface area contributed by atoms with Gasteiger partial charge in [0.25, 0.3) is 5.91 Å². The number of nitrogens with zero attached hydrogens (tertiary/aromatic N) is 2. The third-order valence-corrected chi connectivity index (χ3v) is 3.24. The molecule has 0 saturated carbocycles. The first-order chi connectivity index (χ1) is 9.72. The van der Waals surface area contributed by atoms with Crippen molar-refractivity contribution in [1.29, 1.82) is 0 Å².